The van der Waals surface area contributed by atoms with Gasteiger partial charge in [-0.3, -0.25) is 4.79 Å². The summed E-state index contributed by atoms with van der Waals surface area (Å²) >= 11 is 0. The molecular weight excluding hydrogens is 282 g/mol. The molecule has 2 bridgehead atoms. The van der Waals surface area contributed by atoms with Crippen molar-refractivity contribution in [1.82, 2.24) is 5.32 Å². The van der Waals surface area contributed by atoms with E-state index in [2.05, 4.69) is 11.9 Å². The summed E-state index contributed by atoms with van der Waals surface area (Å²) in [6, 6.07) is 9.00. The molecule has 0 aromatic heterocycles. The van der Waals surface area contributed by atoms with Crippen molar-refractivity contribution < 1.29 is 19.4 Å². The molecule has 2 aliphatic heterocycles. The van der Waals surface area contributed by atoms with Gasteiger partial charge in [0.05, 0.1) is 6.61 Å². The molecule has 22 heavy (non-hydrogen) atoms. The molecular formula is C17H21NO4. The number of rotatable bonds is 5. The van der Waals surface area contributed by atoms with E-state index in [-0.39, 0.29) is 17.9 Å². The number of amides is 1. The van der Waals surface area contributed by atoms with Crippen molar-refractivity contribution in [3.63, 3.8) is 0 Å². The van der Waals surface area contributed by atoms with Crippen LogP contribution in [0.5, 0.6) is 0 Å². The summed E-state index contributed by atoms with van der Waals surface area (Å²) in [6.07, 6.45) is 0.316. The molecule has 2 fully saturated rings. The van der Waals surface area contributed by atoms with Gasteiger partial charge in [0.2, 0.25) is 0 Å². The number of benzene rings is 1. The molecule has 5 atom stereocenters. The van der Waals surface area contributed by atoms with Gasteiger partial charge in [0.15, 0.2) is 0 Å². The van der Waals surface area contributed by atoms with Crippen LogP contribution in [-0.2, 0) is 9.47 Å². The van der Waals surface area contributed by atoms with Gasteiger partial charge in [-0.1, -0.05) is 31.2 Å². The van der Waals surface area contributed by atoms with E-state index < -0.39 is 17.8 Å². The summed E-state index contributed by atoms with van der Waals surface area (Å²) in [5, 5.41) is 13.3. The van der Waals surface area contributed by atoms with Crippen LogP contribution >= 0.6 is 0 Å². The van der Waals surface area contributed by atoms with Gasteiger partial charge in [-0.05, 0) is 12.1 Å². The Morgan fingerprint density at radius 3 is 2.95 bits per heavy atom. The van der Waals surface area contributed by atoms with Crippen molar-refractivity contribution >= 4 is 5.91 Å². The maximum absolute atomic E-state index is 12.1. The van der Waals surface area contributed by atoms with Crippen molar-refractivity contribution in [1.29, 1.82) is 0 Å². The molecule has 0 saturated carbocycles. The molecule has 5 heteroatoms. The third-order valence-corrected chi connectivity index (χ3v) is 4.67. The predicted octanol–water partition coefficient (Wildman–Crippen LogP) is 1.14. The number of hydrogen-bond acceptors (Lipinski definition) is 4. The van der Waals surface area contributed by atoms with Crippen LogP contribution < -0.4 is 5.32 Å². The molecule has 3 rings (SSSR count). The number of carbonyl (C=O) groups excluding carboxylic acids is 1. The SMILES string of the molecule is C=C[C@H](C)[C@@]12CO[C@@H]([C@H](CNC(=O)c3ccccc3)O1)[C@@H]2O. The van der Waals surface area contributed by atoms with E-state index in [9.17, 15) is 9.90 Å². The zero-order chi connectivity index (χ0) is 15.7. The molecule has 118 valence electrons. The van der Waals surface area contributed by atoms with Crippen LogP contribution in [0.15, 0.2) is 43.0 Å². The van der Waals surface area contributed by atoms with E-state index in [0.717, 1.165) is 0 Å². The van der Waals surface area contributed by atoms with E-state index >= 15 is 0 Å². The van der Waals surface area contributed by atoms with Crippen LogP contribution in [0.4, 0.5) is 0 Å². The maximum Gasteiger partial charge on any atom is 0.251 e. The molecule has 0 aliphatic carbocycles. The molecule has 2 N–H and O–H groups in total. The molecule has 0 unspecified atom stereocenters. The third kappa shape index (κ3) is 2.35. The minimum atomic E-state index is -0.742. The standard InChI is InChI=1S/C17H21NO4/c1-3-11(2)17-10-21-14(15(17)19)13(22-17)9-18-16(20)12-7-5-4-6-8-12/h3-8,11,13-15,19H,1,9-10H2,2H3,(H,18,20)/t11-,13-,14-,15-,17+/m0/s1. The molecule has 0 spiro atoms. The molecule has 1 aromatic carbocycles. The Hall–Kier alpha value is -1.69. The number of nitrogens with one attached hydrogen (secondary N) is 1. The second-order valence-corrected chi connectivity index (χ2v) is 5.93. The minimum absolute atomic E-state index is 0.0256. The van der Waals surface area contributed by atoms with E-state index in [4.69, 9.17) is 9.47 Å². The Bertz CT molecular complexity index is 561. The maximum atomic E-state index is 12.1. The largest absolute Gasteiger partial charge is 0.387 e. The first-order valence-electron chi connectivity index (χ1n) is 7.52. The van der Waals surface area contributed by atoms with E-state index in [1.165, 1.54) is 0 Å². The summed E-state index contributed by atoms with van der Waals surface area (Å²) < 4.78 is 11.7. The van der Waals surface area contributed by atoms with Gasteiger partial charge >= 0.3 is 0 Å². The fourth-order valence-corrected chi connectivity index (χ4v) is 3.19. The predicted molar refractivity (Wildman–Crippen MR) is 81.5 cm³/mol. The van der Waals surface area contributed by atoms with Crippen LogP contribution in [0.1, 0.15) is 17.3 Å². The highest BCUT2D eigenvalue weighted by molar-refractivity contribution is 5.94. The van der Waals surface area contributed by atoms with Crippen molar-refractivity contribution in [2.24, 2.45) is 5.92 Å². The quantitative estimate of drug-likeness (QED) is 0.800. The average Bonchev–Trinajstić information content (AvgIpc) is 3.03. The lowest BCUT2D eigenvalue weighted by atomic mass is 9.86. The molecule has 5 nitrogen and oxygen atoms in total. The monoisotopic (exact) mass is 303 g/mol. The third-order valence-electron chi connectivity index (χ3n) is 4.67. The number of hydrogen-bond donors (Lipinski definition) is 2. The molecule has 2 heterocycles. The summed E-state index contributed by atoms with van der Waals surface area (Å²) in [4.78, 5) is 12.1. The van der Waals surface area contributed by atoms with E-state index in [0.29, 0.717) is 18.7 Å². The van der Waals surface area contributed by atoms with Gasteiger partial charge in [-0.2, -0.15) is 0 Å². The van der Waals surface area contributed by atoms with Gasteiger partial charge in [0.25, 0.3) is 5.91 Å². The van der Waals surface area contributed by atoms with Crippen molar-refractivity contribution in [3.8, 4) is 0 Å². The first-order valence-corrected chi connectivity index (χ1v) is 7.52. The highest BCUT2D eigenvalue weighted by atomic mass is 16.6. The van der Waals surface area contributed by atoms with Gasteiger partial charge in [0.1, 0.15) is 23.9 Å². The van der Waals surface area contributed by atoms with E-state index in [1.54, 1.807) is 18.2 Å². The summed E-state index contributed by atoms with van der Waals surface area (Å²) in [5.74, 6) is -0.186. The minimum Gasteiger partial charge on any atom is -0.387 e. The Morgan fingerprint density at radius 1 is 1.55 bits per heavy atom. The Kier molecular flexibility index (Phi) is 4.04. The lowest BCUT2D eigenvalue weighted by molar-refractivity contribution is -0.156. The zero-order valence-corrected chi connectivity index (χ0v) is 12.6. The molecule has 2 aliphatic rings. The lowest BCUT2D eigenvalue weighted by Gasteiger charge is -2.34. The normalized spacial score (nSPS) is 34.4. The summed E-state index contributed by atoms with van der Waals surface area (Å²) in [7, 11) is 0. The van der Waals surface area contributed by atoms with Crippen molar-refractivity contribution in [3.05, 3.63) is 48.6 Å². The topological polar surface area (TPSA) is 67.8 Å². The fraction of sp³-hybridized carbons (Fsp3) is 0.471. The Labute approximate surface area is 129 Å². The Balaban J connectivity index is 1.63. The van der Waals surface area contributed by atoms with Gasteiger partial charge in [-0.15, -0.1) is 6.58 Å². The van der Waals surface area contributed by atoms with Crippen molar-refractivity contribution in [2.45, 2.75) is 30.8 Å². The highest BCUT2D eigenvalue weighted by Gasteiger charge is 2.62. The first kappa shape index (κ1) is 15.2. The smallest absolute Gasteiger partial charge is 0.251 e. The number of fused-ring (bicyclic) bond motifs is 2. The average molecular weight is 303 g/mol. The van der Waals surface area contributed by atoms with Crippen LogP contribution in [0.2, 0.25) is 0 Å². The number of carbonyl (C=O) groups is 1. The Morgan fingerprint density at radius 2 is 2.27 bits per heavy atom. The number of ether oxygens (including phenoxy) is 2. The number of aliphatic hydroxyl groups is 1. The lowest BCUT2D eigenvalue weighted by Crippen LogP contribution is -2.47. The molecule has 0 radical (unpaired) electrons. The van der Waals surface area contributed by atoms with Crippen LogP contribution in [0.3, 0.4) is 0 Å². The first-order chi connectivity index (χ1) is 10.6. The summed E-state index contributed by atoms with van der Waals surface area (Å²) in [6.45, 7) is 6.39. The molecule has 1 amide bonds. The van der Waals surface area contributed by atoms with Crippen molar-refractivity contribution in [2.75, 3.05) is 13.2 Å². The number of aliphatic hydroxyl groups excluding tert-OH is 1. The van der Waals surface area contributed by atoms with Gasteiger partial charge < -0.3 is 19.9 Å². The van der Waals surface area contributed by atoms with E-state index in [1.807, 2.05) is 25.1 Å². The second-order valence-electron chi connectivity index (χ2n) is 5.93. The van der Waals surface area contributed by atoms with Gasteiger partial charge in [-0.25, -0.2) is 0 Å². The van der Waals surface area contributed by atoms with Crippen LogP contribution in [0, 0.1) is 5.92 Å². The van der Waals surface area contributed by atoms with Crippen LogP contribution in [-0.4, -0.2) is 48.1 Å². The summed E-state index contributed by atoms with van der Waals surface area (Å²) in [5.41, 5.74) is -0.143. The fourth-order valence-electron chi connectivity index (χ4n) is 3.19. The highest BCUT2D eigenvalue weighted by Crippen LogP contribution is 2.44. The second kappa shape index (κ2) is 5.83. The zero-order valence-electron chi connectivity index (χ0n) is 12.6. The van der Waals surface area contributed by atoms with Gasteiger partial charge in [0, 0.05) is 18.0 Å². The van der Waals surface area contributed by atoms with Crippen LogP contribution in [0.25, 0.3) is 0 Å². The molecule has 1 aromatic rings. The molecule has 2 saturated heterocycles.